The maximum absolute atomic E-state index is 12.9. The lowest BCUT2D eigenvalue weighted by Gasteiger charge is -2.12. The molecule has 3 aromatic rings. The Bertz CT molecular complexity index is 890. The van der Waals surface area contributed by atoms with Crippen LogP contribution in [0.5, 0.6) is 0 Å². The van der Waals surface area contributed by atoms with E-state index in [1.165, 1.54) is 24.7 Å². The molecule has 0 bridgehead atoms. The van der Waals surface area contributed by atoms with Crippen molar-refractivity contribution in [3.63, 3.8) is 0 Å². The third-order valence-electron chi connectivity index (χ3n) is 3.56. The average molecular weight is 384 g/mol. The predicted molar refractivity (Wildman–Crippen MR) is 90.5 cm³/mol. The van der Waals surface area contributed by atoms with Gasteiger partial charge < -0.3 is 10.6 Å². The van der Waals surface area contributed by atoms with Crippen LogP contribution < -0.4 is 10.6 Å². The molecule has 0 saturated heterocycles. The summed E-state index contributed by atoms with van der Waals surface area (Å²) >= 11 is 1.35. The van der Waals surface area contributed by atoms with Crippen molar-refractivity contribution in [1.29, 1.82) is 0 Å². The van der Waals surface area contributed by atoms with Crippen molar-refractivity contribution in [1.82, 2.24) is 29.7 Å². The lowest BCUT2D eigenvalue weighted by Crippen LogP contribution is -2.12. The molecule has 0 radical (unpaired) electrons. The van der Waals surface area contributed by atoms with Gasteiger partial charge in [0.2, 0.25) is 5.95 Å². The second-order valence-corrected chi connectivity index (χ2v) is 6.38. The molecule has 0 amide bonds. The number of nitrogens with zero attached hydrogens (tertiary/aromatic N) is 6. The fraction of sp³-hybridized carbons (Fsp3) is 0.357. The van der Waals surface area contributed by atoms with Crippen LogP contribution in [-0.4, -0.2) is 36.8 Å². The van der Waals surface area contributed by atoms with E-state index in [-0.39, 0.29) is 17.8 Å². The molecule has 0 spiro atoms. The first kappa shape index (κ1) is 18.0. The summed E-state index contributed by atoms with van der Waals surface area (Å²) in [7, 11) is 1.37. The smallest absolute Gasteiger partial charge is 0.372 e. The van der Waals surface area contributed by atoms with Gasteiger partial charge >= 0.3 is 6.18 Å². The van der Waals surface area contributed by atoms with E-state index in [1.54, 1.807) is 17.9 Å². The van der Waals surface area contributed by atoms with Crippen LogP contribution in [0.3, 0.4) is 0 Å². The number of anilines is 3. The quantitative estimate of drug-likeness (QED) is 0.697. The fourth-order valence-electron chi connectivity index (χ4n) is 2.18. The summed E-state index contributed by atoms with van der Waals surface area (Å²) in [6.07, 6.45) is -0.758. The first-order valence-corrected chi connectivity index (χ1v) is 8.31. The van der Waals surface area contributed by atoms with Crippen LogP contribution in [0.25, 0.3) is 0 Å². The van der Waals surface area contributed by atoms with Gasteiger partial charge in [-0.25, -0.2) is 19.6 Å². The highest BCUT2D eigenvalue weighted by molar-refractivity contribution is 7.16. The van der Waals surface area contributed by atoms with Gasteiger partial charge in [-0.2, -0.15) is 23.3 Å². The average Bonchev–Trinajstić information content (AvgIpc) is 3.24. The summed E-state index contributed by atoms with van der Waals surface area (Å²) < 4.78 is 40.4. The number of thiazole rings is 1. The Morgan fingerprint density at radius 1 is 1.27 bits per heavy atom. The zero-order chi connectivity index (χ0) is 18.9. The summed E-state index contributed by atoms with van der Waals surface area (Å²) in [5.41, 5.74) is -0.237. The molecule has 1 atom stereocenters. The summed E-state index contributed by atoms with van der Waals surface area (Å²) in [5.74, 6) is -0.248. The molecule has 2 N–H and O–H groups in total. The van der Waals surface area contributed by atoms with Crippen LogP contribution >= 0.6 is 11.3 Å². The standard InChI is InChI=1S/C14H15F3N8S/c1-7-11(26-12(22-7)8(2)25-6-19-5-21-25)24-13-20-4-9(14(15,16)17)10(18-3)23-13/h4-6,8H,1-3H3,(H2,18,20,23,24). The highest BCUT2D eigenvalue weighted by Crippen LogP contribution is 2.35. The molecule has 3 heterocycles. The van der Waals surface area contributed by atoms with Gasteiger partial charge in [-0.15, -0.1) is 0 Å². The molecular formula is C14H15F3N8S. The second kappa shape index (κ2) is 6.86. The van der Waals surface area contributed by atoms with E-state index in [0.29, 0.717) is 10.7 Å². The minimum atomic E-state index is -4.53. The third kappa shape index (κ3) is 3.59. The van der Waals surface area contributed by atoms with Gasteiger partial charge in [-0.05, 0) is 13.8 Å². The maximum atomic E-state index is 12.9. The highest BCUT2D eigenvalue weighted by atomic mass is 32.1. The van der Waals surface area contributed by atoms with Gasteiger partial charge in [0.05, 0.1) is 5.69 Å². The molecule has 1 unspecified atom stereocenters. The molecule has 3 rings (SSSR count). The topological polar surface area (TPSA) is 93.4 Å². The Balaban J connectivity index is 1.85. The maximum Gasteiger partial charge on any atom is 0.421 e. The predicted octanol–water partition coefficient (Wildman–Crippen LogP) is 3.25. The van der Waals surface area contributed by atoms with Gasteiger partial charge in [-0.1, -0.05) is 11.3 Å². The second-order valence-electron chi connectivity index (χ2n) is 5.35. The first-order chi connectivity index (χ1) is 12.3. The van der Waals surface area contributed by atoms with Crippen LogP contribution in [0.2, 0.25) is 0 Å². The zero-order valence-corrected chi connectivity index (χ0v) is 14.9. The normalized spacial score (nSPS) is 12.8. The van der Waals surface area contributed by atoms with E-state index < -0.39 is 11.7 Å². The Labute approximate surface area is 150 Å². The largest absolute Gasteiger partial charge is 0.421 e. The monoisotopic (exact) mass is 384 g/mol. The van der Waals surface area contributed by atoms with Crippen molar-refractivity contribution in [3.05, 3.63) is 35.1 Å². The number of rotatable bonds is 5. The number of aryl methyl sites for hydroxylation is 1. The Kier molecular flexibility index (Phi) is 4.76. The summed E-state index contributed by atoms with van der Waals surface area (Å²) in [6.45, 7) is 3.71. The van der Waals surface area contributed by atoms with E-state index >= 15 is 0 Å². The van der Waals surface area contributed by atoms with E-state index in [1.807, 2.05) is 6.92 Å². The molecule has 3 aromatic heterocycles. The lowest BCUT2D eigenvalue weighted by molar-refractivity contribution is -0.137. The molecule has 0 fully saturated rings. The SMILES string of the molecule is CNc1nc(Nc2sc(C(C)n3cncn3)nc2C)ncc1C(F)(F)F. The van der Waals surface area contributed by atoms with Crippen LogP contribution in [-0.2, 0) is 6.18 Å². The van der Waals surface area contributed by atoms with Crippen molar-refractivity contribution >= 4 is 28.1 Å². The number of nitrogens with one attached hydrogen (secondary N) is 2. The minimum Gasteiger partial charge on any atom is -0.372 e. The molecule has 0 saturated carbocycles. The number of hydrogen-bond donors (Lipinski definition) is 2. The molecule has 8 nitrogen and oxygen atoms in total. The number of halogens is 3. The molecule has 138 valence electrons. The Morgan fingerprint density at radius 3 is 2.65 bits per heavy atom. The van der Waals surface area contributed by atoms with Crippen LogP contribution in [0.4, 0.5) is 29.9 Å². The van der Waals surface area contributed by atoms with Crippen molar-refractivity contribution in [2.45, 2.75) is 26.1 Å². The number of alkyl halides is 3. The van der Waals surface area contributed by atoms with Crippen molar-refractivity contribution in [2.75, 3.05) is 17.7 Å². The van der Waals surface area contributed by atoms with Gasteiger partial charge in [0.15, 0.2) is 0 Å². The van der Waals surface area contributed by atoms with Crippen LogP contribution in [0.1, 0.15) is 29.2 Å². The molecule has 0 aromatic carbocycles. The molecule has 12 heteroatoms. The van der Waals surface area contributed by atoms with Gasteiger partial charge in [0.1, 0.15) is 40.1 Å². The number of aromatic nitrogens is 6. The van der Waals surface area contributed by atoms with Gasteiger partial charge in [0.25, 0.3) is 0 Å². The Morgan fingerprint density at radius 2 is 2.04 bits per heavy atom. The third-order valence-corrected chi connectivity index (χ3v) is 4.80. The summed E-state index contributed by atoms with van der Waals surface area (Å²) in [6, 6.07) is -0.127. The fourth-order valence-corrected chi connectivity index (χ4v) is 3.19. The minimum absolute atomic E-state index is 0.0501. The van der Waals surface area contributed by atoms with E-state index in [4.69, 9.17) is 0 Å². The highest BCUT2D eigenvalue weighted by Gasteiger charge is 2.35. The van der Waals surface area contributed by atoms with Crippen molar-refractivity contribution in [2.24, 2.45) is 0 Å². The van der Waals surface area contributed by atoms with Crippen LogP contribution in [0.15, 0.2) is 18.9 Å². The van der Waals surface area contributed by atoms with Crippen molar-refractivity contribution in [3.8, 4) is 0 Å². The zero-order valence-electron chi connectivity index (χ0n) is 14.0. The van der Waals surface area contributed by atoms with E-state index in [9.17, 15) is 13.2 Å². The van der Waals surface area contributed by atoms with Gasteiger partial charge in [0, 0.05) is 13.2 Å². The van der Waals surface area contributed by atoms with Gasteiger partial charge in [-0.3, -0.25) is 0 Å². The Hall–Kier alpha value is -2.76. The van der Waals surface area contributed by atoms with E-state index in [0.717, 1.165) is 11.2 Å². The molecule has 0 aliphatic heterocycles. The molecule has 0 aliphatic rings. The summed E-state index contributed by atoms with van der Waals surface area (Å²) in [5, 5.41) is 10.9. The molecule has 0 aliphatic carbocycles. The molecule has 26 heavy (non-hydrogen) atoms. The van der Waals surface area contributed by atoms with Crippen LogP contribution in [0, 0.1) is 6.92 Å². The molecular weight excluding hydrogens is 369 g/mol. The van der Waals surface area contributed by atoms with E-state index in [2.05, 4.69) is 35.7 Å². The summed E-state index contributed by atoms with van der Waals surface area (Å²) in [4.78, 5) is 16.0. The first-order valence-electron chi connectivity index (χ1n) is 7.50. The number of hydrogen-bond acceptors (Lipinski definition) is 8. The lowest BCUT2D eigenvalue weighted by atomic mass is 10.3. The van der Waals surface area contributed by atoms with Crippen molar-refractivity contribution < 1.29 is 13.2 Å².